The van der Waals surface area contributed by atoms with Gasteiger partial charge in [-0.3, -0.25) is 0 Å². The fraction of sp³-hybridized carbons (Fsp3) is 0.368. The summed E-state index contributed by atoms with van der Waals surface area (Å²) < 4.78 is 43.0. The summed E-state index contributed by atoms with van der Waals surface area (Å²) in [6.07, 6.45) is -2.60. The molecule has 3 aromatic rings. The summed E-state index contributed by atoms with van der Waals surface area (Å²) in [6.45, 7) is 4.60. The van der Waals surface area contributed by atoms with Crippen molar-refractivity contribution in [2.45, 2.75) is 38.8 Å². The lowest BCUT2D eigenvalue weighted by molar-refractivity contribution is -0.274. The number of fused-ring (bicyclic) bond motifs is 1. The van der Waals surface area contributed by atoms with Crippen LogP contribution < -0.4 is 10.1 Å². The normalized spacial score (nSPS) is 12.5. The molecule has 28 heavy (non-hydrogen) atoms. The molecule has 6 nitrogen and oxygen atoms in total. The second kappa shape index (κ2) is 7.76. The molecule has 0 atom stereocenters. The Hall–Kier alpha value is -2.65. The first-order valence-electron chi connectivity index (χ1n) is 8.74. The third-order valence-corrected chi connectivity index (χ3v) is 4.00. The van der Waals surface area contributed by atoms with Crippen molar-refractivity contribution < 1.29 is 23.0 Å². The van der Waals surface area contributed by atoms with E-state index in [1.807, 2.05) is 6.07 Å². The number of halogens is 3. The van der Waals surface area contributed by atoms with Crippen LogP contribution in [-0.4, -0.2) is 38.2 Å². The van der Waals surface area contributed by atoms with E-state index < -0.39 is 12.0 Å². The Kier molecular flexibility index (Phi) is 5.57. The first-order valence-corrected chi connectivity index (χ1v) is 8.74. The average Bonchev–Trinajstić information content (AvgIpc) is 3.00. The first kappa shape index (κ1) is 20.1. The van der Waals surface area contributed by atoms with Gasteiger partial charge in [-0.15, -0.1) is 13.2 Å². The number of alkyl halides is 3. The molecule has 2 heterocycles. The number of hydrogen-bond donors (Lipinski definition) is 2. The summed E-state index contributed by atoms with van der Waals surface area (Å²) in [5, 5.41) is 17.5. The van der Waals surface area contributed by atoms with Crippen LogP contribution in [0, 0.1) is 0 Å². The predicted molar refractivity (Wildman–Crippen MR) is 97.7 cm³/mol. The van der Waals surface area contributed by atoms with Gasteiger partial charge in [0, 0.05) is 12.1 Å². The summed E-state index contributed by atoms with van der Waals surface area (Å²) in [6, 6.07) is 9.31. The molecule has 0 aliphatic rings. The van der Waals surface area contributed by atoms with Gasteiger partial charge in [0.1, 0.15) is 5.75 Å². The Morgan fingerprint density at radius 1 is 1.18 bits per heavy atom. The van der Waals surface area contributed by atoms with Crippen LogP contribution in [0.25, 0.3) is 16.9 Å². The van der Waals surface area contributed by atoms with Crippen LogP contribution in [0.4, 0.5) is 13.2 Å². The van der Waals surface area contributed by atoms with Gasteiger partial charge in [-0.1, -0.05) is 12.1 Å². The van der Waals surface area contributed by atoms with Crippen LogP contribution in [0.2, 0.25) is 0 Å². The van der Waals surface area contributed by atoms with Crippen molar-refractivity contribution in [1.29, 1.82) is 0 Å². The fourth-order valence-corrected chi connectivity index (χ4v) is 2.67. The smallest absolute Gasteiger partial charge is 0.406 e. The van der Waals surface area contributed by atoms with E-state index in [-0.39, 0.29) is 5.75 Å². The minimum Gasteiger partial charge on any atom is -0.406 e. The number of aromatic nitrogens is 3. The molecule has 0 bridgehead atoms. The SMILES string of the molecule is CC(C)(O)CCNCc1ccc2ncc(-c3cccc(OC(F)(F)F)c3)n2n1. The summed E-state index contributed by atoms with van der Waals surface area (Å²) in [4.78, 5) is 4.25. The largest absolute Gasteiger partial charge is 0.573 e. The number of benzene rings is 1. The Morgan fingerprint density at radius 3 is 2.68 bits per heavy atom. The number of nitrogens with zero attached hydrogens (tertiary/aromatic N) is 3. The maximum Gasteiger partial charge on any atom is 0.573 e. The van der Waals surface area contributed by atoms with Crippen molar-refractivity contribution in [2.24, 2.45) is 0 Å². The molecule has 1 aromatic carbocycles. The second-order valence-electron chi connectivity index (χ2n) is 7.05. The van der Waals surface area contributed by atoms with E-state index in [0.717, 1.165) is 5.69 Å². The van der Waals surface area contributed by atoms with Crippen molar-refractivity contribution >= 4 is 5.65 Å². The van der Waals surface area contributed by atoms with Crippen molar-refractivity contribution in [3.63, 3.8) is 0 Å². The maximum absolute atomic E-state index is 12.5. The number of hydrogen-bond acceptors (Lipinski definition) is 5. The van der Waals surface area contributed by atoms with Crippen molar-refractivity contribution in [3.8, 4) is 17.0 Å². The topological polar surface area (TPSA) is 71.7 Å². The van der Waals surface area contributed by atoms with Gasteiger partial charge in [0.05, 0.1) is 23.2 Å². The fourth-order valence-electron chi connectivity index (χ4n) is 2.67. The summed E-state index contributed by atoms with van der Waals surface area (Å²) in [5.41, 5.74) is 1.64. The third-order valence-electron chi connectivity index (χ3n) is 4.00. The highest BCUT2D eigenvalue weighted by Gasteiger charge is 2.31. The Labute approximate surface area is 160 Å². The molecule has 0 fully saturated rings. The Balaban J connectivity index is 1.80. The van der Waals surface area contributed by atoms with Crippen LogP contribution in [0.3, 0.4) is 0 Å². The molecule has 0 saturated heterocycles. The lowest BCUT2D eigenvalue weighted by Crippen LogP contribution is -2.26. The molecule has 2 aromatic heterocycles. The third kappa shape index (κ3) is 5.43. The van der Waals surface area contributed by atoms with E-state index in [1.165, 1.54) is 18.2 Å². The number of nitrogens with one attached hydrogen (secondary N) is 1. The number of rotatable bonds is 7. The van der Waals surface area contributed by atoms with Crippen molar-refractivity contribution in [1.82, 2.24) is 19.9 Å². The lowest BCUT2D eigenvalue weighted by Gasteiger charge is -2.16. The van der Waals surface area contributed by atoms with E-state index in [0.29, 0.717) is 36.4 Å². The molecule has 3 rings (SSSR count). The highest BCUT2D eigenvalue weighted by molar-refractivity contribution is 5.64. The summed E-state index contributed by atoms with van der Waals surface area (Å²) >= 11 is 0. The molecule has 0 unspecified atom stereocenters. The predicted octanol–water partition coefficient (Wildman–Crippen LogP) is 3.55. The van der Waals surface area contributed by atoms with E-state index >= 15 is 0 Å². The highest BCUT2D eigenvalue weighted by atomic mass is 19.4. The zero-order valence-electron chi connectivity index (χ0n) is 15.5. The Bertz CT molecular complexity index is 948. The van der Waals surface area contributed by atoms with Crippen LogP contribution in [-0.2, 0) is 6.54 Å². The zero-order chi connectivity index (χ0) is 20.4. The first-order chi connectivity index (χ1) is 13.1. The molecule has 0 spiro atoms. The van der Waals surface area contributed by atoms with Gasteiger partial charge >= 0.3 is 6.36 Å². The minimum absolute atomic E-state index is 0.301. The minimum atomic E-state index is -4.75. The zero-order valence-corrected chi connectivity index (χ0v) is 15.5. The van der Waals surface area contributed by atoms with Gasteiger partial charge < -0.3 is 15.2 Å². The lowest BCUT2D eigenvalue weighted by atomic mass is 10.1. The standard InChI is InChI=1S/C19H21F3N4O2/c1-18(2,27)8-9-23-11-14-6-7-17-24-12-16(26(17)25-14)13-4-3-5-15(10-13)28-19(20,21)22/h3-7,10,12,23,27H,8-9,11H2,1-2H3. The molecular weight excluding hydrogens is 373 g/mol. The van der Waals surface area contributed by atoms with Gasteiger partial charge in [-0.05, 0) is 51.1 Å². The number of imidazole rings is 1. The van der Waals surface area contributed by atoms with Crippen LogP contribution in [0.15, 0.2) is 42.6 Å². The van der Waals surface area contributed by atoms with E-state index in [1.54, 1.807) is 36.7 Å². The molecule has 9 heteroatoms. The van der Waals surface area contributed by atoms with Gasteiger partial charge in [0.25, 0.3) is 0 Å². The van der Waals surface area contributed by atoms with Gasteiger partial charge in [0.2, 0.25) is 0 Å². The van der Waals surface area contributed by atoms with Crippen LogP contribution in [0.5, 0.6) is 5.75 Å². The molecule has 0 aliphatic heterocycles. The van der Waals surface area contributed by atoms with E-state index in [4.69, 9.17) is 0 Å². The molecule has 0 amide bonds. The molecule has 0 saturated carbocycles. The molecule has 2 N–H and O–H groups in total. The highest BCUT2D eigenvalue weighted by Crippen LogP contribution is 2.28. The summed E-state index contributed by atoms with van der Waals surface area (Å²) in [5.74, 6) is -0.301. The second-order valence-corrected chi connectivity index (χ2v) is 7.05. The Morgan fingerprint density at radius 2 is 1.96 bits per heavy atom. The van der Waals surface area contributed by atoms with Gasteiger partial charge in [0.15, 0.2) is 5.65 Å². The maximum atomic E-state index is 12.5. The molecular formula is C19H21F3N4O2. The van der Waals surface area contributed by atoms with E-state index in [2.05, 4.69) is 20.1 Å². The quantitative estimate of drug-likeness (QED) is 0.600. The van der Waals surface area contributed by atoms with E-state index in [9.17, 15) is 18.3 Å². The van der Waals surface area contributed by atoms with Crippen molar-refractivity contribution in [2.75, 3.05) is 6.54 Å². The molecule has 0 aliphatic carbocycles. The average molecular weight is 394 g/mol. The van der Waals surface area contributed by atoms with Gasteiger partial charge in [-0.2, -0.15) is 5.10 Å². The monoisotopic (exact) mass is 394 g/mol. The van der Waals surface area contributed by atoms with Gasteiger partial charge in [-0.25, -0.2) is 9.50 Å². The summed E-state index contributed by atoms with van der Waals surface area (Å²) in [7, 11) is 0. The van der Waals surface area contributed by atoms with Crippen LogP contribution >= 0.6 is 0 Å². The molecule has 150 valence electrons. The van der Waals surface area contributed by atoms with Crippen molar-refractivity contribution in [3.05, 3.63) is 48.3 Å². The van der Waals surface area contributed by atoms with Crippen LogP contribution in [0.1, 0.15) is 26.0 Å². The number of ether oxygens (including phenoxy) is 1. The molecule has 0 radical (unpaired) electrons. The number of aliphatic hydroxyl groups is 1.